The first-order valence-electron chi connectivity index (χ1n) is 9.52. The first kappa shape index (κ1) is 19.4. The molecule has 0 aliphatic carbocycles. The van der Waals surface area contributed by atoms with Crippen molar-refractivity contribution in [3.8, 4) is 0 Å². The second-order valence-corrected chi connectivity index (χ2v) is 7.22. The molecule has 0 radical (unpaired) electrons. The van der Waals surface area contributed by atoms with Crippen molar-refractivity contribution in [3.05, 3.63) is 29.8 Å². The van der Waals surface area contributed by atoms with E-state index < -0.39 is 6.04 Å². The van der Waals surface area contributed by atoms with Crippen LogP contribution in [0.25, 0.3) is 0 Å². The van der Waals surface area contributed by atoms with Crippen LogP contribution >= 0.6 is 0 Å². The van der Waals surface area contributed by atoms with Gasteiger partial charge in [-0.3, -0.25) is 19.4 Å². The molecule has 7 nitrogen and oxygen atoms in total. The summed E-state index contributed by atoms with van der Waals surface area (Å²) in [5.74, 6) is -0.424. The van der Waals surface area contributed by atoms with Crippen LogP contribution in [0.2, 0.25) is 0 Å². The molecule has 1 atom stereocenters. The van der Waals surface area contributed by atoms with Gasteiger partial charge in [-0.25, -0.2) is 9.69 Å². The molecule has 2 fully saturated rings. The van der Waals surface area contributed by atoms with Crippen molar-refractivity contribution in [2.24, 2.45) is 5.92 Å². The fraction of sp³-hybridized carbons (Fsp3) is 0.550. The maximum absolute atomic E-state index is 12.9. The van der Waals surface area contributed by atoms with Gasteiger partial charge in [-0.05, 0) is 45.7 Å². The molecule has 0 unspecified atom stereocenters. The molecule has 0 bridgehead atoms. The molecule has 2 aliphatic heterocycles. The Morgan fingerprint density at radius 1 is 1.15 bits per heavy atom. The van der Waals surface area contributed by atoms with Crippen LogP contribution in [0.5, 0.6) is 0 Å². The van der Waals surface area contributed by atoms with E-state index >= 15 is 0 Å². The molecular weight excluding hydrogens is 346 g/mol. The summed E-state index contributed by atoms with van der Waals surface area (Å²) >= 11 is 0. The Labute approximate surface area is 159 Å². The number of piperidine rings is 1. The number of carbonyl (C=O) groups is 3. The zero-order chi connectivity index (χ0) is 19.6. The van der Waals surface area contributed by atoms with Gasteiger partial charge in [-0.1, -0.05) is 17.7 Å². The van der Waals surface area contributed by atoms with Gasteiger partial charge in [0, 0.05) is 18.8 Å². The van der Waals surface area contributed by atoms with Crippen molar-refractivity contribution < 1.29 is 19.1 Å². The molecule has 0 saturated carbocycles. The minimum absolute atomic E-state index is 0.0887. The van der Waals surface area contributed by atoms with E-state index in [1.807, 2.05) is 31.2 Å². The van der Waals surface area contributed by atoms with Gasteiger partial charge in [0.25, 0.3) is 5.91 Å². The monoisotopic (exact) mass is 373 g/mol. The number of rotatable bonds is 5. The Balaban J connectivity index is 1.62. The van der Waals surface area contributed by atoms with E-state index in [-0.39, 0.29) is 30.5 Å². The van der Waals surface area contributed by atoms with Gasteiger partial charge in [0.05, 0.1) is 19.2 Å². The standard InChI is InChI=1S/C20H27N3O4/c1-4-27-19(25)16-9-11-21(12-10-16)13-22-18(24)15(3)23(20(22)26)17-7-5-14(2)6-8-17/h5-8,15-16H,4,9-13H2,1-3H3/t15-/m1/s1. The molecule has 2 saturated heterocycles. The predicted molar refractivity (Wildman–Crippen MR) is 101 cm³/mol. The second kappa shape index (κ2) is 8.08. The molecular formula is C20H27N3O4. The molecule has 0 aromatic heterocycles. The average Bonchev–Trinajstić information content (AvgIpc) is 2.87. The highest BCUT2D eigenvalue weighted by Crippen LogP contribution is 2.27. The third-order valence-electron chi connectivity index (χ3n) is 5.31. The van der Waals surface area contributed by atoms with E-state index in [0.29, 0.717) is 32.5 Å². The Hall–Kier alpha value is -2.41. The van der Waals surface area contributed by atoms with Crippen molar-refractivity contribution in [1.82, 2.24) is 9.80 Å². The quantitative estimate of drug-likeness (QED) is 0.585. The molecule has 0 N–H and O–H groups in total. The molecule has 0 spiro atoms. The molecule has 1 aromatic rings. The average molecular weight is 373 g/mol. The Morgan fingerprint density at radius 2 is 1.78 bits per heavy atom. The van der Waals surface area contributed by atoms with E-state index in [2.05, 4.69) is 4.90 Å². The lowest BCUT2D eigenvalue weighted by atomic mass is 9.97. The van der Waals surface area contributed by atoms with Crippen molar-refractivity contribution in [3.63, 3.8) is 0 Å². The predicted octanol–water partition coefficient (Wildman–Crippen LogP) is 2.38. The van der Waals surface area contributed by atoms with Crippen LogP contribution in [0, 0.1) is 12.8 Å². The number of aryl methyl sites for hydroxylation is 1. The number of amides is 3. The molecule has 1 aromatic carbocycles. The minimum Gasteiger partial charge on any atom is -0.466 e. The van der Waals surface area contributed by atoms with Crippen LogP contribution in [0.3, 0.4) is 0 Å². The fourth-order valence-electron chi connectivity index (χ4n) is 3.67. The Morgan fingerprint density at radius 3 is 2.37 bits per heavy atom. The highest BCUT2D eigenvalue weighted by Gasteiger charge is 2.44. The number of likely N-dealkylation sites (tertiary alicyclic amines) is 1. The van der Waals surface area contributed by atoms with Gasteiger partial charge in [-0.2, -0.15) is 0 Å². The molecule has 2 heterocycles. The fourth-order valence-corrected chi connectivity index (χ4v) is 3.67. The number of ether oxygens (including phenoxy) is 1. The molecule has 146 valence electrons. The topological polar surface area (TPSA) is 70.2 Å². The lowest BCUT2D eigenvalue weighted by Gasteiger charge is -2.32. The SMILES string of the molecule is CCOC(=O)C1CCN(CN2C(=O)[C@@H](C)N(c3ccc(C)cc3)C2=O)CC1. The zero-order valence-electron chi connectivity index (χ0n) is 16.2. The van der Waals surface area contributed by atoms with E-state index in [0.717, 1.165) is 11.3 Å². The van der Waals surface area contributed by atoms with Crippen molar-refractivity contribution in [2.45, 2.75) is 39.7 Å². The van der Waals surface area contributed by atoms with Crippen LogP contribution in [-0.4, -0.2) is 60.1 Å². The van der Waals surface area contributed by atoms with Gasteiger partial charge in [0.2, 0.25) is 0 Å². The molecule has 2 aliphatic rings. The normalized spacial score (nSPS) is 21.8. The number of benzene rings is 1. The van der Waals surface area contributed by atoms with E-state index in [4.69, 9.17) is 4.74 Å². The number of urea groups is 1. The number of hydrogen-bond acceptors (Lipinski definition) is 5. The summed E-state index contributed by atoms with van der Waals surface area (Å²) in [5.41, 5.74) is 1.83. The molecule has 27 heavy (non-hydrogen) atoms. The molecule has 3 amide bonds. The van der Waals surface area contributed by atoms with Crippen molar-refractivity contribution >= 4 is 23.6 Å². The maximum atomic E-state index is 12.9. The van der Waals surface area contributed by atoms with Crippen molar-refractivity contribution in [1.29, 1.82) is 0 Å². The van der Waals surface area contributed by atoms with E-state index in [1.54, 1.807) is 18.7 Å². The largest absolute Gasteiger partial charge is 0.466 e. The summed E-state index contributed by atoms with van der Waals surface area (Å²) in [5, 5.41) is 0. The number of nitrogens with zero attached hydrogens (tertiary/aromatic N) is 3. The number of carbonyl (C=O) groups excluding carboxylic acids is 3. The first-order valence-corrected chi connectivity index (χ1v) is 9.52. The number of imide groups is 1. The lowest BCUT2D eigenvalue weighted by molar-refractivity contribution is -0.150. The van der Waals surface area contributed by atoms with E-state index in [9.17, 15) is 14.4 Å². The number of esters is 1. The summed E-state index contributed by atoms with van der Waals surface area (Å²) in [7, 11) is 0. The van der Waals surface area contributed by atoms with Gasteiger partial charge >= 0.3 is 12.0 Å². The van der Waals surface area contributed by atoms with Gasteiger partial charge in [0.1, 0.15) is 6.04 Å². The molecule has 7 heteroatoms. The second-order valence-electron chi connectivity index (χ2n) is 7.22. The zero-order valence-corrected chi connectivity index (χ0v) is 16.2. The van der Waals surface area contributed by atoms with Crippen LogP contribution in [-0.2, 0) is 14.3 Å². The third kappa shape index (κ3) is 3.98. The summed E-state index contributed by atoms with van der Waals surface area (Å²) in [6.07, 6.45) is 1.37. The summed E-state index contributed by atoms with van der Waals surface area (Å²) in [6, 6.07) is 6.79. The van der Waals surface area contributed by atoms with Crippen molar-refractivity contribution in [2.75, 3.05) is 31.3 Å². The Kier molecular flexibility index (Phi) is 5.79. The van der Waals surface area contributed by atoms with Crippen LogP contribution in [0.4, 0.5) is 10.5 Å². The minimum atomic E-state index is -0.516. The smallest absolute Gasteiger partial charge is 0.333 e. The lowest BCUT2D eigenvalue weighted by Crippen LogP contribution is -2.46. The van der Waals surface area contributed by atoms with Gasteiger partial charge in [0.15, 0.2) is 0 Å². The maximum Gasteiger partial charge on any atom is 0.333 e. The van der Waals surface area contributed by atoms with Crippen LogP contribution in [0.1, 0.15) is 32.3 Å². The summed E-state index contributed by atoms with van der Waals surface area (Å²) in [6.45, 7) is 7.53. The third-order valence-corrected chi connectivity index (χ3v) is 5.31. The summed E-state index contributed by atoms with van der Waals surface area (Å²) < 4.78 is 5.09. The van der Waals surface area contributed by atoms with Gasteiger partial charge in [-0.15, -0.1) is 0 Å². The van der Waals surface area contributed by atoms with Crippen LogP contribution in [0.15, 0.2) is 24.3 Å². The highest BCUT2D eigenvalue weighted by molar-refractivity contribution is 6.14. The van der Waals surface area contributed by atoms with E-state index in [1.165, 1.54) is 4.90 Å². The van der Waals surface area contributed by atoms with Gasteiger partial charge < -0.3 is 4.74 Å². The number of hydrogen-bond donors (Lipinski definition) is 0. The van der Waals surface area contributed by atoms with Crippen LogP contribution < -0.4 is 4.90 Å². The summed E-state index contributed by atoms with van der Waals surface area (Å²) in [4.78, 5) is 42.3. The Bertz CT molecular complexity index is 710. The number of anilines is 1. The molecule has 3 rings (SSSR count). The first-order chi connectivity index (χ1) is 12.9. The highest BCUT2D eigenvalue weighted by atomic mass is 16.5.